The van der Waals surface area contributed by atoms with Crippen molar-refractivity contribution in [2.45, 2.75) is 12.8 Å². The van der Waals surface area contributed by atoms with Crippen LogP contribution in [0.2, 0.25) is 5.02 Å². The topological polar surface area (TPSA) is 85.6 Å². The van der Waals surface area contributed by atoms with Crippen molar-refractivity contribution in [2.24, 2.45) is 0 Å². The maximum atomic E-state index is 12.5. The van der Waals surface area contributed by atoms with Gasteiger partial charge in [0, 0.05) is 23.0 Å². The molecule has 0 radical (unpaired) electrons. The largest absolute Gasteiger partial charge is 0.323 e. The van der Waals surface area contributed by atoms with Gasteiger partial charge in [-0.3, -0.25) is 4.79 Å². The highest BCUT2D eigenvalue weighted by atomic mass is 35.5. The molecular weight excluding hydrogens is 396 g/mol. The van der Waals surface area contributed by atoms with Gasteiger partial charge in [0.25, 0.3) is 0 Å². The minimum Gasteiger partial charge on any atom is -0.323 e. The average Bonchev–Trinajstić information content (AvgIpc) is 3.34. The molecule has 3 aromatic heterocycles. The molecular formula is C19H15ClN6OS. The third-order valence-corrected chi connectivity index (χ3v) is 5.01. The number of hydrogen-bond donors (Lipinski definition) is 1. The zero-order chi connectivity index (χ0) is 19.3. The summed E-state index contributed by atoms with van der Waals surface area (Å²) in [5.74, 6) is 0.335. The summed E-state index contributed by atoms with van der Waals surface area (Å²) >= 11 is 7.56. The minimum absolute atomic E-state index is 0.172. The van der Waals surface area contributed by atoms with Gasteiger partial charge in [0.2, 0.25) is 5.91 Å². The number of anilines is 1. The van der Waals surface area contributed by atoms with Crippen LogP contribution in [-0.4, -0.2) is 30.6 Å². The van der Waals surface area contributed by atoms with Gasteiger partial charge in [-0.15, -0.1) is 11.3 Å². The highest BCUT2D eigenvalue weighted by molar-refractivity contribution is 7.09. The second-order valence-electron chi connectivity index (χ2n) is 5.98. The third-order valence-electron chi connectivity index (χ3n) is 3.88. The summed E-state index contributed by atoms with van der Waals surface area (Å²) in [6.07, 6.45) is 5.44. The average molecular weight is 411 g/mol. The monoisotopic (exact) mass is 410 g/mol. The molecule has 0 unspecified atom stereocenters. The number of amides is 1. The summed E-state index contributed by atoms with van der Waals surface area (Å²) < 4.78 is 1.50. The minimum atomic E-state index is -0.172. The van der Waals surface area contributed by atoms with E-state index in [2.05, 4.69) is 25.4 Å². The van der Waals surface area contributed by atoms with Crippen molar-refractivity contribution in [3.8, 4) is 5.82 Å². The van der Waals surface area contributed by atoms with Crippen LogP contribution in [0.1, 0.15) is 16.3 Å². The predicted molar refractivity (Wildman–Crippen MR) is 108 cm³/mol. The quantitative estimate of drug-likeness (QED) is 0.525. The van der Waals surface area contributed by atoms with Gasteiger partial charge in [0.15, 0.2) is 5.82 Å². The molecule has 1 N–H and O–H groups in total. The van der Waals surface area contributed by atoms with Crippen LogP contribution in [0.5, 0.6) is 0 Å². The normalized spacial score (nSPS) is 10.8. The Balaban J connectivity index is 1.42. The smallest absolute Gasteiger partial charge is 0.230 e. The van der Waals surface area contributed by atoms with E-state index in [-0.39, 0.29) is 12.3 Å². The Morgan fingerprint density at radius 3 is 3.00 bits per heavy atom. The molecule has 0 saturated heterocycles. The number of hydrogen-bond acceptors (Lipinski definition) is 6. The fraction of sp³-hybridized carbons (Fsp3) is 0.105. The molecule has 4 rings (SSSR count). The molecule has 0 aliphatic carbocycles. The van der Waals surface area contributed by atoms with Crippen molar-refractivity contribution in [3.05, 3.63) is 81.9 Å². The van der Waals surface area contributed by atoms with Crippen molar-refractivity contribution in [1.29, 1.82) is 0 Å². The van der Waals surface area contributed by atoms with E-state index >= 15 is 0 Å². The lowest BCUT2D eigenvalue weighted by molar-refractivity contribution is -0.115. The number of halogens is 1. The Hall–Kier alpha value is -3.10. The molecule has 0 bridgehead atoms. The SMILES string of the molecule is O=C(Cc1csc(Cc2cccc(Cl)c2)n1)Nc1cccnc1-n1cncn1. The van der Waals surface area contributed by atoms with Gasteiger partial charge >= 0.3 is 0 Å². The molecule has 4 aromatic rings. The third kappa shape index (κ3) is 4.41. The van der Waals surface area contributed by atoms with Gasteiger partial charge < -0.3 is 5.32 Å². The lowest BCUT2D eigenvalue weighted by atomic mass is 10.2. The molecule has 0 fully saturated rings. The molecule has 0 saturated carbocycles. The molecule has 140 valence electrons. The van der Waals surface area contributed by atoms with E-state index < -0.39 is 0 Å². The fourth-order valence-electron chi connectivity index (χ4n) is 2.69. The first-order valence-electron chi connectivity index (χ1n) is 8.45. The van der Waals surface area contributed by atoms with E-state index in [9.17, 15) is 4.79 Å². The van der Waals surface area contributed by atoms with E-state index in [1.807, 2.05) is 29.6 Å². The number of carbonyl (C=O) groups is 1. The van der Waals surface area contributed by atoms with Crippen LogP contribution in [0.25, 0.3) is 5.82 Å². The van der Waals surface area contributed by atoms with Crippen LogP contribution in [-0.2, 0) is 17.6 Å². The zero-order valence-corrected chi connectivity index (χ0v) is 16.2. The summed E-state index contributed by atoms with van der Waals surface area (Å²) in [5.41, 5.74) is 2.38. The number of rotatable bonds is 6. The number of benzene rings is 1. The molecule has 1 aromatic carbocycles. The number of thiazole rings is 1. The van der Waals surface area contributed by atoms with Gasteiger partial charge in [-0.25, -0.2) is 19.6 Å². The number of carbonyl (C=O) groups excluding carboxylic acids is 1. The molecule has 0 spiro atoms. The Morgan fingerprint density at radius 2 is 2.18 bits per heavy atom. The first kappa shape index (κ1) is 18.3. The molecule has 0 atom stereocenters. The van der Waals surface area contributed by atoms with Crippen LogP contribution in [0, 0.1) is 0 Å². The summed E-state index contributed by atoms with van der Waals surface area (Å²) in [5, 5.41) is 10.5. The molecule has 0 aliphatic heterocycles. The Kier molecular flexibility index (Phi) is 5.41. The van der Waals surface area contributed by atoms with E-state index in [1.165, 1.54) is 28.7 Å². The Labute approximate surface area is 170 Å². The van der Waals surface area contributed by atoms with Crippen LogP contribution < -0.4 is 5.32 Å². The van der Waals surface area contributed by atoms with E-state index in [0.29, 0.717) is 22.9 Å². The summed E-state index contributed by atoms with van der Waals surface area (Å²) in [6, 6.07) is 11.2. The van der Waals surface area contributed by atoms with Crippen molar-refractivity contribution >= 4 is 34.5 Å². The molecule has 1 amide bonds. The van der Waals surface area contributed by atoms with Gasteiger partial charge in [0.1, 0.15) is 12.7 Å². The van der Waals surface area contributed by atoms with Gasteiger partial charge in [0.05, 0.1) is 22.8 Å². The zero-order valence-electron chi connectivity index (χ0n) is 14.6. The van der Waals surface area contributed by atoms with E-state index in [0.717, 1.165) is 16.3 Å². The van der Waals surface area contributed by atoms with Crippen LogP contribution in [0.4, 0.5) is 5.69 Å². The fourth-order valence-corrected chi connectivity index (χ4v) is 3.73. The van der Waals surface area contributed by atoms with Crippen molar-refractivity contribution in [3.63, 3.8) is 0 Å². The molecule has 7 nitrogen and oxygen atoms in total. The van der Waals surface area contributed by atoms with Gasteiger partial charge in [-0.05, 0) is 29.8 Å². The van der Waals surface area contributed by atoms with Crippen LogP contribution >= 0.6 is 22.9 Å². The first-order valence-corrected chi connectivity index (χ1v) is 9.71. The standard InChI is InChI=1S/C19H15ClN6OS/c20-14-4-1-3-13(7-14)8-18-24-15(10-28-18)9-17(27)25-16-5-2-6-22-19(16)26-12-21-11-23-26/h1-7,10-12H,8-9H2,(H,25,27). The number of nitrogens with one attached hydrogen (secondary N) is 1. The second-order valence-corrected chi connectivity index (χ2v) is 7.36. The maximum absolute atomic E-state index is 12.5. The van der Waals surface area contributed by atoms with Crippen LogP contribution in [0.3, 0.4) is 0 Å². The highest BCUT2D eigenvalue weighted by Crippen LogP contribution is 2.19. The summed E-state index contributed by atoms with van der Waals surface area (Å²) in [7, 11) is 0. The highest BCUT2D eigenvalue weighted by Gasteiger charge is 2.12. The van der Waals surface area contributed by atoms with E-state index in [4.69, 9.17) is 11.6 Å². The summed E-state index contributed by atoms with van der Waals surface area (Å²) in [4.78, 5) is 25.2. The maximum Gasteiger partial charge on any atom is 0.230 e. The van der Waals surface area contributed by atoms with Crippen molar-refractivity contribution < 1.29 is 4.79 Å². The van der Waals surface area contributed by atoms with E-state index in [1.54, 1.807) is 18.3 Å². The van der Waals surface area contributed by atoms with Crippen LogP contribution in [0.15, 0.2) is 60.6 Å². The van der Waals surface area contributed by atoms with Gasteiger partial charge in [-0.2, -0.15) is 5.10 Å². The number of pyridine rings is 1. The van der Waals surface area contributed by atoms with Crippen molar-refractivity contribution in [2.75, 3.05) is 5.32 Å². The summed E-state index contributed by atoms with van der Waals surface area (Å²) in [6.45, 7) is 0. The molecule has 3 heterocycles. The molecule has 9 heteroatoms. The Bertz CT molecular complexity index is 1100. The molecule has 28 heavy (non-hydrogen) atoms. The number of aromatic nitrogens is 5. The lowest BCUT2D eigenvalue weighted by Gasteiger charge is -2.08. The first-order chi connectivity index (χ1) is 13.7. The lowest BCUT2D eigenvalue weighted by Crippen LogP contribution is -2.17. The Morgan fingerprint density at radius 1 is 1.25 bits per heavy atom. The van der Waals surface area contributed by atoms with Gasteiger partial charge in [-0.1, -0.05) is 23.7 Å². The predicted octanol–water partition coefficient (Wildman–Crippen LogP) is 3.54. The van der Waals surface area contributed by atoms with Crippen molar-refractivity contribution in [1.82, 2.24) is 24.7 Å². The molecule has 0 aliphatic rings. The second kappa shape index (κ2) is 8.28. The number of nitrogens with zero attached hydrogens (tertiary/aromatic N) is 5.